The summed E-state index contributed by atoms with van der Waals surface area (Å²) in [6.45, 7) is 1.95. The minimum Gasteiger partial charge on any atom is -0.385 e. The zero-order valence-corrected chi connectivity index (χ0v) is 7.83. The molecule has 1 atom stereocenters. The maximum absolute atomic E-state index is 9.97. The Morgan fingerprint density at radius 1 is 1.38 bits per heavy atom. The molecule has 0 amide bonds. The molecule has 0 aliphatic heterocycles. The van der Waals surface area contributed by atoms with Crippen LogP contribution in [0.5, 0.6) is 0 Å². The maximum atomic E-state index is 9.97. The number of benzene rings is 1. The van der Waals surface area contributed by atoms with Gasteiger partial charge in [0.25, 0.3) is 0 Å². The van der Waals surface area contributed by atoms with Gasteiger partial charge in [-0.05, 0) is 30.9 Å². The zero-order valence-electron chi connectivity index (χ0n) is 7.83. The lowest BCUT2D eigenvalue weighted by Gasteiger charge is -2.16. The van der Waals surface area contributed by atoms with Crippen molar-refractivity contribution in [3.05, 3.63) is 35.4 Å². The first-order valence-electron chi connectivity index (χ1n) is 4.71. The molecule has 2 heteroatoms. The van der Waals surface area contributed by atoms with Crippen LogP contribution >= 0.6 is 0 Å². The van der Waals surface area contributed by atoms with Gasteiger partial charge in [-0.15, -0.1) is 0 Å². The van der Waals surface area contributed by atoms with Gasteiger partial charge in [0.15, 0.2) is 0 Å². The van der Waals surface area contributed by atoms with E-state index in [9.17, 15) is 5.11 Å². The summed E-state index contributed by atoms with van der Waals surface area (Å²) in [5.74, 6) is 0. The molecule has 0 bridgehead atoms. The van der Waals surface area contributed by atoms with Crippen LogP contribution in [0, 0.1) is 0 Å². The molecular formula is C11H15NO. The van der Waals surface area contributed by atoms with Gasteiger partial charge in [0.05, 0.1) is 5.60 Å². The topological polar surface area (TPSA) is 46.2 Å². The van der Waals surface area contributed by atoms with Crippen molar-refractivity contribution in [3.63, 3.8) is 0 Å². The predicted octanol–water partition coefficient (Wildman–Crippen LogP) is 1.69. The first kappa shape index (κ1) is 8.73. The second kappa shape index (κ2) is 2.82. The van der Waals surface area contributed by atoms with Crippen molar-refractivity contribution >= 4 is 0 Å². The smallest absolute Gasteiger partial charge is 0.0902 e. The van der Waals surface area contributed by atoms with E-state index in [1.165, 1.54) is 0 Å². The molecule has 1 aliphatic rings. The van der Waals surface area contributed by atoms with Gasteiger partial charge in [-0.2, -0.15) is 0 Å². The minimum atomic E-state index is -0.565. The van der Waals surface area contributed by atoms with E-state index < -0.39 is 5.60 Å². The molecule has 2 rings (SSSR count). The van der Waals surface area contributed by atoms with Gasteiger partial charge in [-0.3, -0.25) is 0 Å². The van der Waals surface area contributed by atoms with Gasteiger partial charge in [0.2, 0.25) is 0 Å². The number of nitrogens with two attached hydrogens (primary N) is 1. The monoisotopic (exact) mass is 177 g/mol. The Kier molecular flexibility index (Phi) is 1.90. The molecule has 1 aliphatic carbocycles. The highest BCUT2D eigenvalue weighted by Gasteiger charge is 2.43. The molecule has 1 fully saturated rings. The fourth-order valence-corrected chi connectivity index (χ4v) is 1.71. The lowest BCUT2D eigenvalue weighted by Crippen LogP contribution is -2.14. The Hall–Kier alpha value is -0.860. The molecule has 70 valence electrons. The van der Waals surface area contributed by atoms with Crippen LogP contribution in [0.3, 0.4) is 0 Å². The largest absolute Gasteiger partial charge is 0.385 e. The first-order valence-corrected chi connectivity index (χ1v) is 4.71. The zero-order chi connectivity index (χ0) is 9.47. The van der Waals surface area contributed by atoms with Gasteiger partial charge < -0.3 is 10.8 Å². The molecule has 1 saturated carbocycles. The van der Waals surface area contributed by atoms with Crippen LogP contribution in [0.2, 0.25) is 0 Å². The van der Waals surface area contributed by atoms with E-state index in [0.29, 0.717) is 0 Å². The Morgan fingerprint density at radius 2 is 2.00 bits per heavy atom. The predicted molar refractivity (Wildman–Crippen MR) is 52.2 cm³/mol. The van der Waals surface area contributed by atoms with Crippen LogP contribution < -0.4 is 5.73 Å². The lowest BCUT2D eigenvalue weighted by molar-refractivity contribution is 0.150. The molecule has 2 nitrogen and oxygen atoms in total. The summed E-state index contributed by atoms with van der Waals surface area (Å²) in [7, 11) is 0. The standard InChI is InChI=1S/C11H15NO/c1-8(12)9-4-2-3-5-10(9)11(13)6-7-11/h2-5,8,13H,6-7,12H2,1H3. The van der Waals surface area contributed by atoms with Gasteiger partial charge >= 0.3 is 0 Å². The summed E-state index contributed by atoms with van der Waals surface area (Å²) in [5.41, 5.74) is 7.35. The summed E-state index contributed by atoms with van der Waals surface area (Å²) in [5, 5.41) is 9.97. The molecule has 1 aromatic rings. The van der Waals surface area contributed by atoms with Gasteiger partial charge in [-0.25, -0.2) is 0 Å². The average Bonchev–Trinajstić information content (AvgIpc) is 2.85. The minimum absolute atomic E-state index is 0.000764. The number of aliphatic hydroxyl groups is 1. The lowest BCUT2D eigenvalue weighted by atomic mass is 9.96. The maximum Gasteiger partial charge on any atom is 0.0902 e. The molecule has 0 spiro atoms. The van der Waals surface area contributed by atoms with Crippen molar-refractivity contribution in [3.8, 4) is 0 Å². The van der Waals surface area contributed by atoms with Crippen LogP contribution in [-0.2, 0) is 5.60 Å². The average molecular weight is 177 g/mol. The van der Waals surface area contributed by atoms with Crippen molar-refractivity contribution < 1.29 is 5.11 Å². The van der Waals surface area contributed by atoms with Crippen molar-refractivity contribution in [2.45, 2.75) is 31.4 Å². The number of rotatable bonds is 2. The Labute approximate surface area is 78.4 Å². The molecule has 1 aromatic carbocycles. The van der Waals surface area contributed by atoms with E-state index in [2.05, 4.69) is 0 Å². The molecule has 0 heterocycles. The summed E-state index contributed by atoms with van der Waals surface area (Å²) < 4.78 is 0. The van der Waals surface area contributed by atoms with Crippen LogP contribution in [0.15, 0.2) is 24.3 Å². The SMILES string of the molecule is CC(N)c1ccccc1C1(O)CC1. The Bertz CT molecular complexity index is 316. The third kappa shape index (κ3) is 1.47. The number of hydrogen-bond donors (Lipinski definition) is 2. The second-order valence-electron chi connectivity index (χ2n) is 3.91. The van der Waals surface area contributed by atoms with E-state index in [0.717, 1.165) is 24.0 Å². The molecule has 1 unspecified atom stereocenters. The van der Waals surface area contributed by atoms with Gasteiger partial charge in [-0.1, -0.05) is 24.3 Å². The van der Waals surface area contributed by atoms with E-state index >= 15 is 0 Å². The Morgan fingerprint density at radius 3 is 2.54 bits per heavy atom. The Balaban J connectivity index is 2.44. The first-order chi connectivity index (χ1) is 6.13. The second-order valence-corrected chi connectivity index (χ2v) is 3.91. The molecule has 0 aromatic heterocycles. The molecule has 13 heavy (non-hydrogen) atoms. The van der Waals surface area contributed by atoms with Crippen molar-refractivity contribution in [1.82, 2.24) is 0 Å². The van der Waals surface area contributed by atoms with E-state index in [1.807, 2.05) is 31.2 Å². The third-order valence-corrected chi connectivity index (χ3v) is 2.68. The fraction of sp³-hybridized carbons (Fsp3) is 0.455. The van der Waals surface area contributed by atoms with Crippen LogP contribution in [0.4, 0.5) is 0 Å². The fourth-order valence-electron chi connectivity index (χ4n) is 1.71. The van der Waals surface area contributed by atoms with Crippen molar-refractivity contribution in [1.29, 1.82) is 0 Å². The molecular weight excluding hydrogens is 162 g/mol. The van der Waals surface area contributed by atoms with Crippen LogP contribution in [0.25, 0.3) is 0 Å². The summed E-state index contributed by atoms with van der Waals surface area (Å²) >= 11 is 0. The number of hydrogen-bond acceptors (Lipinski definition) is 2. The van der Waals surface area contributed by atoms with Gasteiger partial charge in [0, 0.05) is 6.04 Å². The van der Waals surface area contributed by atoms with E-state index in [1.54, 1.807) is 0 Å². The molecule has 0 radical (unpaired) electrons. The third-order valence-electron chi connectivity index (χ3n) is 2.68. The molecule has 0 saturated heterocycles. The normalized spacial score (nSPS) is 21.2. The quantitative estimate of drug-likeness (QED) is 0.722. The van der Waals surface area contributed by atoms with Crippen LogP contribution in [-0.4, -0.2) is 5.11 Å². The summed E-state index contributed by atoms with van der Waals surface area (Å²) in [6, 6.07) is 7.90. The van der Waals surface area contributed by atoms with Gasteiger partial charge in [0.1, 0.15) is 0 Å². The highest BCUT2D eigenvalue weighted by Crippen LogP contribution is 2.47. The summed E-state index contributed by atoms with van der Waals surface area (Å²) in [6.07, 6.45) is 1.74. The van der Waals surface area contributed by atoms with E-state index in [-0.39, 0.29) is 6.04 Å². The molecule has 3 N–H and O–H groups in total. The van der Waals surface area contributed by atoms with E-state index in [4.69, 9.17) is 5.73 Å². The van der Waals surface area contributed by atoms with Crippen molar-refractivity contribution in [2.75, 3.05) is 0 Å². The highest BCUT2D eigenvalue weighted by atomic mass is 16.3. The summed E-state index contributed by atoms with van der Waals surface area (Å²) in [4.78, 5) is 0. The van der Waals surface area contributed by atoms with Crippen LogP contribution in [0.1, 0.15) is 36.9 Å². The highest BCUT2D eigenvalue weighted by molar-refractivity contribution is 5.37. The van der Waals surface area contributed by atoms with Crippen molar-refractivity contribution in [2.24, 2.45) is 5.73 Å².